The average Bonchev–Trinajstić information content (AvgIpc) is 2.42. The molecule has 0 saturated heterocycles. The van der Waals surface area contributed by atoms with Crippen molar-refractivity contribution in [2.75, 3.05) is 13.1 Å². The van der Waals surface area contributed by atoms with Crippen molar-refractivity contribution in [3.63, 3.8) is 0 Å². The van der Waals surface area contributed by atoms with Crippen molar-refractivity contribution in [1.82, 2.24) is 5.32 Å². The van der Waals surface area contributed by atoms with E-state index < -0.39 is 0 Å². The molecular formula is C14H20BNO. The monoisotopic (exact) mass is 229 g/mol. The van der Waals surface area contributed by atoms with Gasteiger partial charge >= 0.3 is 0 Å². The van der Waals surface area contributed by atoms with Crippen LogP contribution in [0.1, 0.15) is 37.8 Å². The lowest BCUT2D eigenvalue weighted by Gasteiger charge is -2.18. The first-order valence-electron chi connectivity index (χ1n) is 6.37. The molecule has 0 aliphatic carbocycles. The van der Waals surface area contributed by atoms with Crippen molar-refractivity contribution in [1.29, 1.82) is 0 Å². The number of benzene rings is 1. The first-order valence-corrected chi connectivity index (χ1v) is 6.37. The highest BCUT2D eigenvalue weighted by atomic mass is 16.5. The van der Waals surface area contributed by atoms with Crippen molar-refractivity contribution in [3.8, 4) is 5.75 Å². The molecule has 0 bridgehead atoms. The van der Waals surface area contributed by atoms with Crippen LogP contribution < -0.4 is 15.5 Å². The van der Waals surface area contributed by atoms with Gasteiger partial charge in [0.2, 0.25) is 0 Å². The van der Waals surface area contributed by atoms with Crippen LogP contribution in [0.15, 0.2) is 12.1 Å². The molecular weight excluding hydrogens is 209 g/mol. The fraction of sp³-hybridized carbons (Fsp3) is 0.571. The van der Waals surface area contributed by atoms with E-state index in [1.54, 1.807) is 0 Å². The van der Waals surface area contributed by atoms with E-state index in [2.05, 4.69) is 24.4 Å². The van der Waals surface area contributed by atoms with Crippen LogP contribution in [-0.2, 0) is 6.42 Å². The van der Waals surface area contributed by atoms with E-state index in [-0.39, 0.29) is 6.10 Å². The Morgan fingerprint density at radius 2 is 2.18 bits per heavy atom. The lowest BCUT2D eigenvalue weighted by atomic mass is 9.86. The largest absolute Gasteiger partial charge is 0.492 e. The van der Waals surface area contributed by atoms with Crippen LogP contribution in [0, 0.1) is 0 Å². The molecule has 0 saturated carbocycles. The topological polar surface area (TPSA) is 21.3 Å². The van der Waals surface area contributed by atoms with Gasteiger partial charge in [0, 0.05) is 6.54 Å². The lowest BCUT2D eigenvalue weighted by Crippen LogP contribution is -2.19. The number of nitrogens with one attached hydrogen (secondary N) is 1. The van der Waals surface area contributed by atoms with Gasteiger partial charge in [-0.15, -0.1) is 0 Å². The molecule has 0 aromatic heterocycles. The van der Waals surface area contributed by atoms with Crippen molar-refractivity contribution in [2.24, 2.45) is 0 Å². The maximum Gasteiger partial charge on any atom is 0.119 e. The zero-order valence-electron chi connectivity index (χ0n) is 10.9. The molecule has 1 aliphatic rings. The Labute approximate surface area is 105 Å². The summed E-state index contributed by atoms with van der Waals surface area (Å²) in [5, 5.41) is 3.44. The number of fused-ring (bicyclic) bond motifs is 1. The van der Waals surface area contributed by atoms with Crippen molar-refractivity contribution >= 4 is 13.3 Å². The zero-order chi connectivity index (χ0) is 12.4. The first-order chi connectivity index (χ1) is 8.08. The van der Waals surface area contributed by atoms with Gasteiger partial charge in [0.1, 0.15) is 13.6 Å². The van der Waals surface area contributed by atoms with E-state index in [1.165, 1.54) is 11.1 Å². The average molecular weight is 229 g/mol. The molecule has 2 radical (unpaired) electrons. The summed E-state index contributed by atoms with van der Waals surface area (Å²) in [7, 11) is 6.06. The molecule has 2 rings (SSSR count). The van der Waals surface area contributed by atoms with Crippen molar-refractivity contribution in [3.05, 3.63) is 23.3 Å². The molecule has 0 spiro atoms. The Morgan fingerprint density at radius 1 is 1.41 bits per heavy atom. The van der Waals surface area contributed by atoms with Gasteiger partial charge in [0.15, 0.2) is 0 Å². The Hall–Kier alpha value is -0.955. The highest BCUT2D eigenvalue weighted by Crippen LogP contribution is 2.25. The summed E-state index contributed by atoms with van der Waals surface area (Å²) in [4.78, 5) is 0. The fourth-order valence-corrected chi connectivity index (χ4v) is 2.34. The Balaban J connectivity index is 2.37. The van der Waals surface area contributed by atoms with Gasteiger partial charge in [-0.2, -0.15) is 0 Å². The molecule has 0 fully saturated rings. The van der Waals surface area contributed by atoms with E-state index in [0.717, 1.165) is 30.7 Å². The van der Waals surface area contributed by atoms with E-state index in [1.807, 2.05) is 13.8 Å². The normalized spacial score (nSPS) is 19.9. The van der Waals surface area contributed by atoms with Crippen molar-refractivity contribution < 1.29 is 4.74 Å². The summed E-state index contributed by atoms with van der Waals surface area (Å²) >= 11 is 0. The summed E-state index contributed by atoms with van der Waals surface area (Å²) in [6, 6.07) is 4.21. The van der Waals surface area contributed by atoms with Crippen LogP contribution in [0.5, 0.6) is 5.75 Å². The summed E-state index contributed by atoms with van der Waals surface area (Å²) in [5.41, 5.74) is 3.49. The van der Waals surface area contributed by atoms with Gasteiger partial charge in [-0.3, -0.25) is 0 Å². The molecule has 3 heteroatoms. The maximum atomic E-state index is 6.06. The van der Waals surface area contributed by atoms with Crippen LogP contribution in [0.2, 0.25) is 0 Å². The number of ether oxygens (including phenoxy) is 1. The van der Waals surface area contributed by atoms with Crippen molar-refractivity contribution in [2.45, 2.75) is 39.2 Å². The Kier molecular flexibility index (Phi) is 3.77. The minimum Gasteiger partial charge on any atom is -0.492 e. The van der Waals surface area contributed by atoms with Gasteiger partial charge < -0.3 is 10.1 Å². The number of rotatable bonds is 2. The second-order valence-corrected chi connectivity index (χ2v) is 5.11. The van der Waals surface area contributed by atoms with E-state index >= 15 is 0 Å². The molecule has 17 heavy (non-hydrogen) atoms. The lowest BCUT2D eigenvalue weighted by molar-refractivity contribution is 0.244. The molecule has 1 atom stereocenters. The minimum atomic E-state index is 0.164. The first kappa shape index (κ1) is 12.5. The summed E-state index contributed by atoms with van der Waals surface area (Å²) < 4.78 is 5.74. The van der Waals surface area contributed by atoms with E-state index in [0.29, 0.717) is 5.92 Å². The molecule has 1 aromatic carbocycles. The predicted molar refractivity (Wildman–Crippen MR) is 72.6 cm³/mol. The van der Waals surface area contributed by atoms with Crippen LogP contribution in [0.3, 0.4) is 0 Å². The van der Waals surface area contributed by atoms with Crippen LogP contribution >= 0.6 is 0 Å². The summed E-state index contributed by atoms with van der Waals surface area (Å²) in [5.74, 6) is 1.34. The molecule has 0 amide bonds. The SMILES string of the molecule is [B]c1cc2c(cc1OC(C)C)CCNCC2C. The van der Waals surface area contributed by atoms with Gasteiger partial charge in [-0.1, -0.05) is 18.5 Å². The molecule has 90 valence electrons. The van der Waals surface area contributed by atoms with Gasteiger partial charge in [0.25, 0.3) is 0 Å². The third kappa shape index (κ3) is 2.84. The second-order valence-electron chi connectivity index (χ2n) is 5.11. The molecule has 2 nitrogen and oxygen atoms in total. The predicted octanol–water partition coefficient (Wildman–Crippen LogP) is 1.52. The number of hydrogen-bond acceptors (Lipinski definition) is 2. The second kappa shape index (κ2) is 5.13. The summed E-state index contributed by atoms with van der Waals surface area (Å²) in [6.07, 6.45) is 1.21. The van der Waals surface area contributed by atoms with Gasteiger partial charge in [-0.05, 0) is 49.9 Å². The van der Waals surface area contributed by atoms with E-state index in [4.69, 9.17) is 12.6 Å². The zero-order valence-corrected chi connectivity index (χ0v) is 10.9. The number of hydrogen-bond donors (Lipinski definition) is 1. The minimum absolute atomic E-state index is 0.164. The Bertz CT molecular complexity index is 403. The van der Waals surface area contributed by atoms with E-state index in [9.17, 15) is 0 Å². The van der Waals surface area contributed by atoms with Gasteiger partial charge in [0.05, 0.1) is 6.10 Å². The molecule has 1 aliphatic heterocycles. The van der Waals surface area contributed by atoms with Crippen LogP contribution in [-0.4, -0.2) is 27.0 Å². The summed E-state index contributed by atoms with van der Waals surface area (Å²) in [6.45, 7) is 8.34. The Morgan fingerprint density at radius 3 is 2.88 bits per heavy atom. The van der Waals surface area contributed by atoms with Crippen LogP contribution in [0.25, 0.3) is 0 Å². The molecule has 1 aromatic rings. The maximum absolute atomic E-state index is 6.06. The third-order valence-corrected chi connectivity index (χ3v) is 3.19. The standard InChI is InChI=1S/C14H20BNO/c1-9(2)17-14-6-11-4-5-16-8-10(3)12(11)7-13(14)15/h6-7,9-10,16H,4-5,8H2,1-3H3. The van der Waals surface area contributed by atoms with Gasteiger partial charge in [-0.25, -0.2) is 0 Å². The molecule has 1 heterocycles. The van der Waals surface area contributed by atoms with Crippen LogP contribution in [0.4, 0.5) is 0 Å². The smallest absolute Gasteiger partial charge is 0.119 e. The highest BCUT2D eigenvalue weighted by Gasteiger charge is 2.16. The quantitative estimate of drug-likeness (QED) is 0.776. The molecule has 1 unspecified atom stereocenters. The highest BCUT2D eigenvalue weighted by molar-refractivity contribution is 6.34. The fourth-order valence-electron chi connectivity index (χ4n) is 2.34. The third-order valence-electron chi connectivity index (χ3n) is 3.19. The molecule has 1 N–H and O–H groups in total.